The van der Waals surface area contributed by atoms with E-state index in [0.29, 0.717) is 0 Å². The molecule has 2 aromatic rings. The lowest BCUT2D eigenvalue weighted by Crippen LogP contribution is -2.16. The summed E-state index contributed by atoms with van der Waals surface area (Å²) in [7, 11) is 0. The molecule has 0 fully saturated rings. The van der Waals surface area contributed by atoms with E-state index in [1.54, 1.807) is 0 Å². The minimum absolute atomic E-state index is 0.242. The fraction of sp³-hybridized carbons (Fsp3) is 0.273. The molecule has 0 radical (unpaired) electrons. The highest BCUT2D eigenvalue weighted by molar-refractivity contribution is 9.10. The molecule has 0 aliphatic carbocycles. The van der Waals surface area contributed by atoms with Crippen molar-refractivity contribution >= 4 is 37.4 Å². The van der Waals surface area contributed by atoms with Crippen molar-refractivity contribution in [1.82, 2.24) is 0 Å². The highest BCUT2D eigenvalue weighted by Crippen LogP contribution is 2.28. The van der Waals surface area contributed by atoms with Crippen molar-refractivity contribution in [3.8, 4) is 0 Å². The Balaban J connectivity index is 2.41. The summed E-state index contributed by atoms with van der Waals surface area (Å²) in [4.78, 5) is 1.37. The lowest BCUT2D eigenvalue weighted by atomic mass is 10.2. The molecule has 1 atom stereocenters. The van der Waals surface area contributed by atoms with E-state index in [2.05, 4.69) is 40.2 Å². The molecule has 0 aliphatic heterocycles. The van der Waals surface area contributed by atoms with Gasteiger partial charge >= 0.3 is 0 Å². The smallest absolute Gasteiger partial charge is 0.0356 e. The molecule has 74 valence electrons. The molecule has 2 rings (SSSR count). The van der Waals surface area contributed by atoms with Crippen molar-refractivity contribution in [3.05, 3.63) is 33.6 Å². The van der Waals surface area contributed by atoms with E-state index < -0.39 is 0 Å². The first kappa shape index (κ1) is 10.1. The van der Waals surface area contributed by atoms with Gasteiger partial charge in [0.2, 0.25) is 0 Å². The number of fused-ring (bicyclic) bond motifs is 1. The zero-order valence-corrected chi connectivity index (χ0v) is 10.4. The predicted molar refractivity (Wildman–Crippen MR) is 66.9 cm³/mol. The van der Waals surface area contributed by atoms with Crippen molar-refractivity contribution in [2.24, 2.45) is 5.73 Å². The zero-order chi connectivity index (χ0) is 10.1. The van der Waals surface area contributed by atoms with Crippen LogP contribution in [0.4, 0.5) is 0 Å². The molecule has 1 aromatic carbocycles. The van der Waals surface area contributed by atoms with E-state index in [0.717, 1.165) is 10.9 Å². The number of hydrogen-bond acceptors (Lipinski definition) is 2. The van der Waals surface area contributed by atoms with Crippen molar-refractivity contribution in [2.75, 3.05) is 0 Å². The Kier molecular flexibility index (Phi) is 2.91. The summed E-state index contributed by atoms with van der Waals surface area (Å²) in [6, 6.07) is 8.85. The van der Waals surface area contributed by atoms with Gasteiger partial charge in [-0.1, -0.05) is 22.0 Å². The highest BCUT2D eigenvalue weighted by Gasteiger charge is 2.04. The molecule has 0 aliphatic rings. The lowest BCUT2D eigenvalue weighted by Gasteiger charge is -1.99. The number of nitrogens with two attached hydrogens (primary N) is 1. The van der Waals surface area contributed by atoms with Crippen molar-refractivity contribution in [2.45, 2.75) is 19.4 Å². The lowest BCUT2D eigenvalue weighted by molar-refractivity contribution is 0.747. The Hall–Kier alpha value is -0.380. The van der Waals surface area contributed by atoms with E-state index in [-0.39, 0.29) is 6.04 Å². The van der Waals surface area contributed by atoms with Gasteiger partial charge in [-0.15, -0.1) is 11.3 Å². The Morgan fingerprint density at radius 2 is 2.21 bits per heavy atom. The van der Waals surface area contributed by atoms with E-state index >= 15 is 0 Å². The summed E-state index contributed by atoms with van der Waals surface area (Å²) in [6.07, 6.45) is 0.969. The van der Waals surface area contributed by atoms with Crippen LogP contribution in [-0.2, 0) is 6.42 Å². The number of hydrogen-bond donors (Lipinski definition) is 1. The van der Waals surface area contributed by atoms with E-state index in [9.17, 15) is 0 Å². The van der Waals surface area contributed by atoms with Crippen molar-refractivity contribution in [1.29, 1.82) is 0 Å². The van der Waals surface area contributed by atoms with Gasteiger partial charge in [-0.25, -0.2) is 0 Å². The number of thiophene rings is 1. The fourth-order valence-electron chi connectivity index (χ4n) is 1.48. The standard InChI is InChI=1S/C11H12BrNS/c1-7(13)4-10-5-8-2-3-9(12)6-11(8)14-10/h2-3,5-7H,4,13H2,1H3. The Labute approximate surface area is 96.1 Å². The van der Waals surface area contributed by atoms with E-state index in [4.69, 9.17) is 5.73 Å². The first-order chi connectivity index (χ1) is 6.65. The van der Waals surface area contributed by atoms with Crippen LogP contribution in [-0.4, -0.2) is 6.04 Å². The maximum Gasteiger partial charge on any atom is 0.0356 e. The van der Waals surface area contributed by atoms with Crippen LogP contribution < -0.4 is 5.73 Å². The summed E-state index contributed by atoms with van der Waals surface area (Å²) in [6.45, 7) is 2.04. The summed E-state index contributed by atoms with van der Waals surface area (Å²) >= 11 is 5.30. The van der Waals surface area contributed by atoms with Crippen molar-refractivity contribution < 1.29 is 0 Å². The molecule has 2 N–H and O–H groups in total. The molecule has 3 heteroatoms. The topological polar surface area (TPSA) is 26.0 Å². The number of halogens is 1. The molecule has 0 spiro atoms. The first-order valence-electron chi connectivity index (χ1n) is 4.59. The minimum atomic E-state index is 0.242. The second-order valence-electron chi connectivity index (χ2n) is 3.58. The van der Waals surface area contributed by atoms with Gasteiger partial charge in [-0.05, 0) is 36.9 Å². The van der Waals surface area contributed by atoms with Crippen LogP contribution in [0.15, 0.2) is 28.7 Å². The summed E-state index contributed by atoms with van der Waals surface area (Å²) < 4.78 is 2.47. The molecule has 0 bridgehead atoms. The second kappa shape index (κ2) is 4.01. The van der Waals surface area contributed by atoms with Crippen LogP contribution in [0.25, 0.3) is 10.1 Å². The second-order valence-corrected chi connectivity index (χ2v) is 5.66. The quantitative estimate of drug-likeness (QED) is 0.887. The number of benzene rings is 1. The predicted octanol–water partition coefficient (Wildman–Crippen LogP) is 3.55. The zero-order valence-electron chi connectivity index (χ0n) is 7.96. The van der Waals surface area contributed by atoms with Gasteiger partial charge in [0.1, 0.15) is 0 Å². The molecule has 1 heterocycles. The molecule has 14 heavy (non-hydrogen) atoms. The maximum absolute atomic E-state index is 5.77. The SMILES string of the molecule is CC(N)Cc1cc2ccc(Br)cc2s1. The maximum atomic E-state index is 5.77. The van der Waals surface area contributed by atoms with Gasteiger partial charge in [0.05, 0.1) is 0 Å². The van der Waals surface area contributed by atoms with E-state index in [1.807, 2.05) is 18.3 Å². The van der Waals surface area contributed by atoms with Crippen LogP contribution in [0.2, 0.25) is 0 Å². The van der Waals surface area contributed by atoms with Gasteiger partial charge < -0.3 is 5.73 Å². The van der Waals surface area contributed by atoms with Crippen LogP contribution in [0.5, 0.6) is 0 Å². The van der Waals surface area contributed by atoms with Gasteiger partial charge in [0, 0.05) is 20.1 Å². The Morgan fingerprint density at radius 1 is 1.43 bits per heavy atom. The molecule has 1 nitrogen and oxygen atoms in total. The van der Waals surface area contributed by atoms with Crippen molar-refractivity contribution in [3.63, 3.8) is 0 Å². The monoisotopic (exact) mass is 269 g/mol. The third-order valence-corrected chi connectivity index (χ3v) is 3.67. The summed E-state index contributed by atoms with van der Waals surface area (Å²) in [5.74, 6) is 0. The molecule has 0 saturated carbocycles. The summed E-state index contributed by atoms with van der Waals surface area (Å²) in [5, 5.41) is 1.31. The largest absolute Gasteiger partial charge is 0.328 e. The Bertz CT molecular complexity index is 447. The van der Waals surface area contributed by atoms with Gasteiger partial charge in [-0.3, -0.25) is 0 Å². The molecular weight excluding hydrogens is 258 g/mol. The average Bonchev–Trinajstić information content (AvgIpc) is 2.44. The van der Waals surface area contributed by atoms with Crippen LogP contribution in [0.1, 0.15) is 11.8 Å². The third kappa shape index (κ3) is 2.16. The van der Waals surface area contributed by atoms with E-state index in [1.165, 1.54) is 15.0 Å². The van der Waals surface area contributed by atoms with Crippen LogP contribution >= 0.6 is 27.3 Å². The number of rotatable bonds is 2. The fourth-order valence-corrected chi connectivity index (χ4v) is 3.24. The third-order valence-electron chi connectivity index (χ3n) is 2.06. The van der Waals surface area contributed by atoms with Gasteiger partial charge in [0.15, 0.2) is 0 Å². The molecule has 0 amide bonds. The van der Waals surface area contributed by atoms with Gasteiger partial charge in [-0.2, -0.15) is 0 Å². The van der Waals surface area contributed by atoms with Gasteiger partial charge in [0.25, 0.3) is 0 Å². The first-order valence-corrected chi connectivity index (χ1v) is 6.19. The van der Waals surface area contributed by atoms with Crippen LogP contribution in [0.3, 0.4) is 0 Å². The molecule has 1 unspecified atom stereocenters. The normalized spacial score (nSPS) is 13.4. The summed E-state index contributed by atoms with van der Waals surface area (Å²) in [5.41, 5.74) is 5.77. The molecular formula is C11H12BrNS. The molecule has 1 aromatic heterocycles. The Morgan fingerprint density at radius 3 is 2.93 bits per heavy atom. The minimum Gasteiger partial charge on any atom is -0.328 e. The average molecular weight is 270 g/mol. The molecule has 0 saturated heterocycles. The highest BCUT2D eigenvalue weighted by atomic mass is 79.9. The van der Waals surface area contributed by atoms with Crippen LogP contribution in [0, 0.1) is 0 Å².